The van der Waals surface area contributed by atoms with E-state index in [9.17, 15) is 4.79 Å². The van der Waals surface area contributed by atoms with Gasteiger partial charge in [-0.3, -0.25) is 4.79 Å². The molecule has 0 bridgehead atoms. The van der Waals surface area contributed by atoms with Crippen molar-refractivity contribution in [2.45, 2.75) is 37.6 Å². The molecule has 1 aliphatic carbocycles. The van der Waals surface area contributed by atoms with Crippen LogP contribution in [0.5, 0.6) is 0 Å². The number of carbonyl (C=O) groups excluding carboxylic acids is 1. The highest BCUT2D eigenvalue weighted by atomic mass is 16.5. The van der Waals surface area contributed by atoms with Gasteiger partial charge in [-0.2, -0.15) is 0 Å². The van der Waals surface area contributed by atoms with Crippen LogP contribution in [0.2, 0.25) is 0 Å². The fourth-order valence-corrected chi connectivity index (χ4v) is 4.90. The van der Waals surface area contributed by atoms with Gasteiger partial charge in [0.25, 0.3) is 0 Å². The zero-order chi connectivity index (χ0) is 23.4. The Morgan fingerprint density at radius 2 is 1.44 bits per heavy atom. The zero-order valence-electron chi connectivity index (χ0n) is 19.5. The van der Waals surface area contributed by atoms with E-state index in [1.165, 1.54) is 0 Å². The number of unbranched alkanes of at least 4 members (excludes halogenated alkanes) is 1. The molecule has 1 heterocycles. The maximum Gasteiger partial charge on any atom is 0.309 e. The summed E-state index contributed by atoms with van der Waals surface area (Å²) in [6, 6.07) is 31.6. The van der Waals surface area contributed by atoms with Gasteiger partial charge in [0.2, 0.25) is 0 Å². The molecule has 172 valence electrons. The van der Waals surface area contributed by atoms with E-state index in [-0.39, 0.29) is 17.8 Å². The molecule has 34 heavy (non-hydrogen) atoms. The van der Waals surface area contributed by atoms with Crippen molar-refractivity contribution in [3.63, 3.8) is 0 Å². The van der Waals surface area contributed by atoms with E-state index < -0.39 is 5.54 Å². The van der Waals surface area contributed by atoms with Crippen LogP contribution in [0.1, 0.15) is 54.5 Å². The molecule has 4 nitrogen and oxygen atoms in total. The summed E-state index contributed by atoms with van der Waals surface area (Å²) in [6.07, 6.45) is 6.77. The number of ether oxygens (including phenoxy) is 1. The van der Waals surface area contributed by atoms with Gasteiger partial charge in [-0.05, 0) is 29.5 Å². The van der Waals surface area contributed by atoms with Crippen molar-refractivity contribution >= 4 is 5.97 Å². The zero-order valence-corrected chi connectivity index (χ0v) is 19.5. The van der Waals surface area contributed by atoms with Crippen molar-refractivity contribution < 1.29 is 9.53 Å². The molecule has 0 amide bonds. The average Bonchev–Trinajstić information content (AvgIpc) is 3.56. The molecule has 1 aliphatic rings. The van der Waals surface area contributed by atoms with E-state index in [0.29, 0.717) is 6.61 Å². The minimum Gasteiger partial charge on any atom is -0.465 e. The van der Waals surface area contributed by atoms with Gasteiger partial charge in [-0.15, -0.1) is 0 Å². The smallest absolute Gasteiger partial charge is 0.309 e. The number of benzene rings is 3. The third kappa shape index (κ3) is 4.05. The minimum absolute atomic E-state index is 0.0835. The molecule has 3 aromatic carbocycles. The van der Waals surface area contributed by atoms with Crippen LogP contribution in [-0.2, 0) is 15.1 Å². The Labute approximate surface area is 201 Å². The molecule has 1 saturated carbocycles. The summed E-state index contributed by atoms with van der Waals surface area (Å²) < 4.78 is 7.68. The first-order valence-electron chi connectivity index (χ1n) is 12.1. The largest absolute Gasteiger partial charge is 0.465 e. The highest BCUT2D eigenvalue weighted by Crippen LogP contribution is 2.49. The van der Waals surface area contributed by atoms with Crippen LogP contribution in [0, 0.1) is 5.92 Å². The highest BCUT2D eigenvalue weighted by Gasteiger charge is 2.47. The third-order valence-electron chi connectivity index (χ3n) is 6.78. The van der Waals surface area contributed by atoms with Gasteiger partial charge in [0, 0.05) is 12.1 Å². The molecule has 4 aromatic rings. The summed E-state index contributed by atoms with van der Waals surface area (Å²) in [5.41, 5.74) is 3.83. The van der Waals surface area contributed by atoms with Gasteiger partial charge in [-0.25, -0.2) is 4.98 Å². The maximum atomic E-state index is 12.5. The Bertz CT molecular complexity index is 1120. The first-order valence-corrected chi connectivity index (χ1v) is 12.1. The Balaban J connectivity index is 1.57. The number of imidazole rings is 1. The monoisotopic (exact) mass is 450 g/mol. The molecule has 1 unspecified atom stereocenters. The van der Waals surface area contributed by atoms with Gasteiger partial charge >= 0.3 is 5.97 Å². The van der Waals surface area contributed by atoms with Gasteiger partial charge in [0.15, 0.2) is 0 Å². The summed E-state index contributed by atoms with van der Waals surface area (Å²) in [4.78, 5) is 17.3. The van der Waals surface area contributed by atoms with Gasteiger partial charge < -0.3 is 9.30 Å². The average molecular weight is 451 g/mol. The first-order chi connectivity index (χ1) is 16.7. The minimum atomic E-state index is -0.582. The van der Waals surface area contributed by atoms with Crippen molar-refractivity contribution in [3.05, 3.63) is 126 Å². The van der Waals surface area contributed by atoms with Crippen LogP contribution in [0.3, 0.4) is 0 Å². The molecule has 1 aromatic heterocycles. The van der Waals surface area contributed by atoms with Crippen molar-refractivity contribution in [1.29, 1.82) is 0 Å². The second kappa shape index (κ2) is 9.68. The lowest BCUT2D eigenvalue weighted by molar-refractivity contribution is -0.145. The molecule has 0 N–H and O–H groups in total. The lowest BCUT2D eigenvalue weighted by atomic mass is 9.77. The van der Waals surface area contributed by atoms with Crippen LogP contribution in [-0.4, -0.2) is 22.1 Å². The Morgan fingerprint density at radius 3 is 1.94 bits per heavy atom. The summed E-state index contributed by atoms with van der Waals surface area (Å²) in [7, 11) is 0. The molecule has 4 heteroatoms. The molecule has 0 aliphatic heterocycles. The second-order valence-electron chi connectivity index (χ2n) is 8.98. The molecule has 0 spiro atoms. The van der Waals surface area contributed by atoms with Crippen molar-refractivity contribution in [3.8, 4) is 0 Å². The summed E-state index contributed by atoms with van der Waals surface area (Å²) in [6.45, 7) is 2.60. The van der Waals surface area contributed by atoms with E-state index in [2.05, 4.69) is 90.5 Å². The molecular formula is C30H30N2O2. The van der Waals surface area contributed by atoms with Crippen molar-refractivity contribution in [2.24, 2.45) is 5.92 Å². The van der Waals surface area contributed by atoms with Crippen LogP contribution >= 0.6 is 0 Å². The predicted octanol–water partition coefficient (Wildman–Crippen LogP) is 6.17. The SMILES string of the molecule is CCCCOC(=O)C1C[C@H]1c1cn(C(c2ccccc2)(c2ccccc2)c2ccccc2)cn1. The van der Waals surface area contributed by atoms with E-state index in [1.807, 2.05) is 24.5 Å². The van der Waals surface area contributed by atoms with Gasteiger partial charge in [0.05, 0.1) is 24.5 Å². The van der Waals surface area contributed by atoms with Crippen LogP contribution in [0.4, 0.5) is 0 Å². The molecule has 2 atom stereocenters. The Hall–Kier alpha value is -3.66. The third-order valence-corrected chi connectivity index (χ3v) is 6.78. The molecular weight excluding hydrogens is 420 g/mol. The highest BCUT2D eigenvalue weighted by molar-refractivity contribution is 5.77. The number of esters is 1. The number of carbonyl (C=O) groups is 1. The number of aromatic nitrogens is 2. The summed E-state index contributed by atoms with van der Waals surface area (Å²) >= 11 is 0. The summed E-state index contributed by atoms with van der Waals surface area (Å²) in [5.74, 6) is -0.0522. The molecule has 0 saturated heterocycles. The topological polar surface area (TPSA) is 44.1 Å². The fraction of sp³-hybridized carbons (Fsp3) is 0.267. The van der Waals surface area contributed by atoms with Gasteiger partial charge in [0.1, 0.15) is 5.54 Å². The maximum absolute atomic E-state index is 12.5. The van der Waals surface area contributed by atoms with Crippen LogP contribution < -0.4 is 0 Å². The molecule has 5 rings (SSSR count). The van der Waals surface area contributed by atoms with E-state index >= 15 is 0 Å². The predicted molar refractivity (Wildman–Crippen MR) is 134 cm³/mol. The first kappa shape index (κ1) is 22.1. The lowest BCUT2D eigenvalue weighted by Crippen LogP contribution is -2.36. The van der Waals surface area contributed by atoms with E-state index in [1.54, 1.807) is 0 Å². The number of hydrogen-bond donors (Lipinski definition) is 0. The Morgan fingerprint density at radius 1 is 0.912 bits per heavy atom. The van der Waals surface area contributed by atoms with E-state index in [0.717, 1.165) is 41.6 Å². The van der Waals surface area contributed by atoms with Crippen LogP contribution in [0.25, 0.3) is 0 Å². The number of rotatable bonds is 9. The van der Waals surface area contributed by atoms with Crippen molar-refractivity contribution in [2.75, 3.05) is 6.61 Å². The molecule has 0 radical (unpaired) electrons. The van der Waals surface area contributed by atoms with Gasteiger partial charge in [-0.1, -0.05) is 104 Å². The number of nitrogens with zero attached hydrogens (tertiary/aromatic N) is 2. The van der Waals surface area contributed by atoms with E-state index in [4.69, 9.17) is 9.72 Å². The molecule has 1 fully saturated rings. The standard InChI is InChI=1S/C30H30N2O2/c1-2-3-19-34-29(33)27-20-26(27)28-21-32(22-31-28)30(23-13-7-4-8-14-23,24-15-9-5-10-16-24)25-17-11-6-12-18-25/h4-18,21-22,26-27H,2-3,19-20H2,1H3/t26-,27?/m1/s1. The second-order valence-corrected chi connectivity index (χ2v) is 8.98. The van der Waals surface area contributed by atoms with Crippen LogP contribution in [0.15, 0.2) is 104 Å². The summed E-state index contributed by atoms with van der Waals surface area (Å²) in [5, 5.41) is 0. The lowest BCUT2D eigenvalue weighted by Gasteiger charge is -2.37. The fourth-order valence-electron chi connectivity index (χ4n) is 4.90. The normalized spacial score (nSPS) is 17.3. The van der Waals surface area contributed by atoms with Crippen molar-refractivity contribution in [1.82, 2.24) is 9.55 Å². The quantitative estimate of drug-likeness (QED) is 0.174. The number of hydrogen-bond acceptors (Lipinski definition) is 3. The Kier molecular flexibility index (Phi) is 6.31.